The second-order valence-electron chi connectivity index (χ2n) is 6.83. The first-order chi connectivity index (χ1) is 14.8. The summed E-state index contributed by atoms with van der Waals surface area (Å²) in [7, 11) is 6.44. The summed E-state index contributed by atoms with van der Waals surface area (Å²) in [4.78, 5) is 30.7. The average Bonchev–Trinajstić information content (AvgIpc) is 3.22. The Morgan fingerprint density at radius 2 is 1.84 bits per heavy atom. The highest BCUT2D eigenvalue weighted by atomic mass is 35.5. The van der Waals surface area contributed by atoms with Crippen molar-refractivity contribution in [2.75, 3.05) is 33.6 Å². The van der Waals surface area contributed by atoms with Crippen LogP contribution in [0, 0.1) is 0 Å². The minimum atomic E-state index is -0.241. The van der Waals surface area contributed by atoms with Crippen LogP contribution in [-0.2, 0) is 11.2 Å². The molecule has 162 valence electrons. The van der Waals surface area contributed by atoms with E-state index in [9.17, 15) is 9.59 Å². The molecule has 1 heterocycles. The third kappa shape index (κ3) is 5.34. The highest BCUT2D eigenvalue weighted by Gasteiger charge is 2.15. The Morgan fingerprint density at radius 1 is 1.10 bits per heavy atom. The Labute approximate surface area is 189 Å². The van der Waals surface area contributed by atoms with E-state index < -0.39 is 0 Å². The number of hydrogen-bond donors (Lipinski definition) is 1. The topological polar surface area (TPSA) is 80.8 Å². The van der Waals surface area contributed by atoms with Gasteiger partial charge in [0.2, 0.25) is 5.91 Å². The van der Waals surface area contributed by atoms with Gasteiger partial charge in [0.15, 0.2) is 11.5 Å². The fraction of sp³-hybridized carbons (Fsp3) is 0.227. The number of nitrogens with one attached hydrogen (secondary N) is 1. The maximum atomic E-state index is 12.5. The van der Waals surface area contributed by atoms with Crippen molar-refractivity contribution in [2.45, 2.75) is 6.42 Å². The molecule has 0 aliphatic rings. The fourth-order valence-electron chi connectivity index (χ4n) is 2.87. The lowest BCUT2D eigenvalue weighted by molar-refractivity contribution is -0.115. The standard InChI is InChI=1S/C22H22ClN3O4S/c1-26(2)22(28)16-10-14(6-7-17(16)23)24-20(27)11-15-12-31-21(25-15)13-5-8-18(29-3)19(9-13)30-4/h5-10,12H,11H2,1-4H3,(H,24,27). The first-order valence-corrected chi connectivity index (χ1v) is 10.6. The van der Waals surface area contributed by atoms with Gasteiger partial charge in [-0.1, -0.05) is 11.6 Å². The molecule has 1 aromatic heterocycles. The van der Waals surface area contributed by atoms with Crippen molar-refractivity contribution in [3.05, 3.63) is 58.1 Å². The molecule has 0 atom stereocenters. The minimum absolute atomic E-state index is 0.101. The molecule has 2 amide bonds. The number of thiazole rings is 1. The summed E-state index contributed by atoms with van der Waals surface area (Å²) >= 11 is 7.56. The SMILES string of the molecule is COc1ccc(-c2nc(CC(=O)Nc3ccc(Cl)c(C(=O)N(C)C)c3)cs2)cc1OC. The molecule has 3 aromatic rings. The van der Waals surface area contributed by atoms with Gasteiger partial charge in [-0.05, 0) is 36.4 Å². The highest BCUT2D eigenvalue weighted by Crippen LogP contribution is 2.33. The number of hydrogen-bond acceptors (Lipinski definition) is 6. The van der Waals surface area contributed by atoms with Crippen molar-refractivity contribution in [1.29, 1.82) is 0 Å². The van der Waals surface area contributed by atoms with Gasteiger partial charge in [-0.2, -0.15) is 0 Å². The number of anilines is 1. The van der Waals surface area contributed by atoms with Gasteiger partial charge >= 0.3 is 0 Å². The lowest BCUT2D eigenvalue weighted by atomic mass is 10.1. The zero-order valence-corrected chi connectivity index (χ0v) is 19.1. The third-order valence-electron chi connectivity index (χ3n) is 4.41. The largest absolute Gasteiger partial charge is 0.493 e. The first-order valence-electron chi connectivity index (χ1n) is 9.30. The van der Waals surface area contributed by atoms with E-state index in [1.54, 1.807) is 46.5 Å². The number of benzene rings is 2. The molecule has 0 saturated heterocycles. The molecule has 0 unspecified atom stereocenters. The normalized spacial score (nSPS) is 10.5. The number of rotatable bonds is 7. The van der Waals surface area contributed by atoms with Crippen LogP contribution in [0.25, 0.3) is 10.6 Å². The third-order valence-corrected chi connectivity index (χ3v) is 5.68. The van der Waals surface area contributed by atoms with Crippen LogP contribution < -0.4 is 14.8 Å². The van der Waals surface area contributed by atoms with Crippen LogP contribution in [0.2, 0.25) is 5.02 Å². The number of halogens is 1. The molecule has 1 N–H and O–H groups in total. The lowest BCUT2D eigenvalue weighted by Gasteiger charge is -2.13. The van der Waals surface area contributed by atoms with Crippen LogP contribution >= 0.6 is 22.9 Å². The molecule has 2 aromatic carbocycles. The first kappa shape index (κ1) is 22.6. The molecule has 0 radical (unpaired) electrons. The zero-order valence-electron chi connectivity index (χ0n) is 17.6. The number of nitrogens with zero attached hydrogens (tertiary/aromatic N) is 2. The van der Waals surface area contributed by atoms with E-state index in [1.807, 2.05) is 23.6 Å². The summed E-state index contributed by atoms with van der Waals surface area (Å²) in [5.74, 6) is 0.771. The number of aromatic nitrogens is 1. The van der Waals surface area contributed by atoms with Gasteiger partial charge in [0.1, 0.15) is 5.01 Å². The van der Waals surface area contributed by atoms with Gasteiger partial charge in [-0.25, -0.2) is 4.98 Å². The van der Waals surface area contributed by atoms with Crippen molar-refractivity contribution in [3.8, 4) is 22.1 Å². The average molecular weight is 460 g/mol. The summed E-state index contributed by atoms with van der Waals surface area (Å²) < 4.78 is 10.6. The van der Waals surface area contributed by atoms with Crippen molar-refractivity contribution in [2.24, 2.45) is 0 Å². The zero-order chi connectivity index (χ0) is 22.5. The van der Waals surface area contributed by atoms with E-state index in [2.05, 4.69) is 10.3 Å². The minimum Gasteiger partial charge on any atom is -0.493 e. The van der Waals surface area contributed by atoms with Crippen LogP contribution in [0.1, 0.15) is 16.1 Å². The Bertz CT molecular complexity index is 1110. The van der Waals surface area contributed by atoms with Gasteiger partial charge in [0.05, 0.1) is 36.9 Å². The maximum absolute atomic E-state index is 12.5. The van der Waals surface area contributed by atoms with Crippen LogP contribution in [0.4, 0.5) is 5.69 Å². The Kier molecular flexibility index (Phi) is 7.14. The number of carbonyl (C=O) groups excluding carboxylic acids is 2. The van der Waals surface area contributed by atoms with Gasteiger partial charge in [-0.3, -0.25) is 9.59 Å². The van der Waals surface area contributed by atoms with Gasteiger partial charge in [0, 0.05) is 30.7 Å². The number of amides is 2. The van der Waals surface area contributed by atoms with Gasteiger partial charge < -0.3 is 19.7 Å². The number of methoxy groups -OCH3 is 2. The smallest absolute Gasteiger partial charge is 0.254 e. The van der Waals surface area contributed by atoms with E-state index in [0.29, 0.717) is 33.5 Å². The van der Waals surface area contributed by atoms with Crippen LogP contribution in [-0.4, -0.2) is 50.0 Å². The number of carbonyl (C=O) groups is 2. The van der Waals surface area contributed by atoms with E-state index in [-0.39, 0.29) is 18.2 Å². The molecule has 0 aliphatic heterocycles. The second-order valence-corrected chi connectivity index (χ2v) is 8.10. The summed E-state index contributed by atoms with van der Waals surface area (Å²) in [5.41, 5.74) is 2.34. The Morgan fingerprint density at radius 3 is 2.52 bits per heavy atom. The Balaban J connectivity index is 1.71. The maximum Gasteiger partial charge on any atom is 0.254 e. The van der Waals surface area contributed by atoms with E-state index in [4.69, 9.17) is 21.1 Å². The second kappa shape index (κ2) is 9.80. The molecule has 9 heteroatoms. The van der Waals surface area contributed by atoms with Crippen molar-refractivity contribution in [1.82, 2.24) is 9.88 Å². The predicted octanol–water partition coefficient (Wildman–Crippen LogP) is 4.36. The lowest BCUT2D eigenvalue weighted by Crippen LogP contribution is -2.22. The molecule has 3 rings (SSSR count). The molecule has 7 nitrogen and oxygen atoms in total. The van der Waals surface area contributed by atoms with Crippen molar-refractivity contribution in [3.63, 3.8) is 0 Å². The van der Waals surface area contributed by atoms with Crippen LogP contribution in [0.5, 0.6) is 11.5 Å². The van der Waals surface area contributed by atoms with E-state index in [0.717, 1.165) is 10.6 Å². The molecule has 0 saturated carbocycles. The molecule has 0 spiro atoms. The monoisotopic (exact) mass is 459 g/mol. The molecule has 0 fully saturated rings. The quantitative estimate of drug-likeness (QED) is 0.567. The summed E-state index contributed by atoms with van der Waals surface area (Å²) in [6, 6.07) is 10.4. The number of ether oxygens (including phenoxy) is 2. The summed E-state index contributed by atoms with van der Waals surface area (Å²) in [6.45, 7) is 0. The molecular formula is C22H22ClN3O4S. The van der Waals surface area contributed by atoms with Gasteiger partial charge in [0.25, 0.3) is 5.91 Å². The van der Waals surface area contributed by atoms with Crippen molar-refractivity contribution < 1.29 is 19.1 Å². The van der Waals surface area contributed by atoms with E-state index >= 15 is 0 Å². The highest BCUT2D eigenvalue weighted by molar-refractivity contribution is 7.13. The van der Waals surface area contributed by atoms with Gasteiger partial charge in [-0.15, -0.1) is 11.3 Å². The fourth-order valence-corrected chi connectivity index (χ4v) is 3.88. The van der Waals surface area contributed by atoms with Crippen LogP contribution in [0.15, 0.2) is 41.8 Å². The Hall–Kier alpha value is -3.10. The molecule has 0 bridgehead atoms. The van der Waals surface area contributed by atoms with E-state index in [1.165, 1.54) is 16.2 Å². The van der Waals surface area contributed by atoms with Crippen LogP contribution in [0.3, 0.4) is 0 Å². The van der Waals surface area contributed by atoms with Crippen molar-refractivity contribution >= 4 is 40.4 Å². The molecule has 0 aliphatic carbocycles. The molecule has 31 heavy (non-hydrogen) atoms. The summed E-state index contributed by atoms with van der Waals surface area (Å²) in [6.07, 6.45) is 0.101. The molecular weight excluding hydrogens is 438 g/mol. The predicted molar refractivity (Wildman–Crippen MR) is 122 cm³/mol. The summed E-state index contributed by atoms with van der Waals surface area (Å²) in [5, 5.41) is 5.74.